The van der Waals surface area contributed by atoms with Crippen molar-refractivity contribution in [2.45, 2.75) is 13.8 Å². The molecule has 0 radical (unpaired) electrons. The lowest BCUT2D eigenvalue weighted by Crippen LogP contribution is -2.19. The van der Waals surface area contributed by atoms with E-state index in [1.807, 2.05) is 44.2 Å². The number of amides is 1. The predicted octanol–water partition coefficient (Wildman–Crippen LogP) is 6.46. The maximum atomic E-state index is 13.4. The first-order valence-corrected chi connectivity index (χ1v) is 13.5. The van der Waals surface area contributed by atoms with E-state index in [0.717, 1.165) is 33.2 Å². The van der Waals surface area contributed by atoms with Crippen LogP contribution in [0, 0.1) is 13.8 Å². The monoisotopic (exact) mass is 577 g/mol. The highest BCUT2D eigenvalue weighted by Gasteiger charge is 2.21. The Morgan fingerprint density at radius 1 is 0.814 bits per heavy atom. The molecule has 43 heavy (non-hydrogen) atoms. The van der Waals surface area contributed by atoms with Crippen LogP contribution in [0.5, 0.6) is 23.0 Å². The van der Waals surface area contributed by atoms with E-state index >= 15 is 0 Å². The van der Waals surface area contributed by atoms with Crippen LogP contribution in [0.2, 0.25) is 0 Å². The van der Waals surface area contributed by atoms with Crippen LogP contribution in [0.25, 0.3) is 22.0 Å². The summed E-state index contributed by atoms with van der Waals surface area (Å²) in [6.07, 6.45) is 1.43. The Kier molecular flexibility index (Phi) is 8.43. The van der Waals surface area contributed by atoms with E-state index in [4.69, 9.17) is 18.9 Å². The average molecular weight is 578 g/mol. The van der Waals surface area contributed by atoms with Crippen LogP contribution in [0.4, 0.5) is 0 Å². The van der Waals surface area contributed by atoms with Gasteiger partial charge in [0.2, 0.25) is 5.75 Å². The molecule has 4 aromatic carbocycles. The molecule has 0 saturated carbocycles. The number of benzene rings is 4. The van der Waals surface area contributed by atoms with Gasteiger partial charge in [-0.25, -0.2) is 10.2 Å². The van der Waals surface area contributed by atoms with E-state index < -0.39 is 11.9 Å². The number of hydrogen-bond acceptors (Lipinski definition) is 7. The number of esters is 1. The molecule has 9 heteroatoms. The lowest BCUT2D eigenvalue weighted by atomic mass is 9.99. The van der Waals surface area contributed by atoms with Gasteiger partial charge in [0.15, 0.2) is 11.5 Å². The van der Waals surface area contributed by atoms with Gasteiger partial charge >= 0.3 is 5.97 Å². The molecular formula is C34H31N3O6. The normalized spacial score (nSPS) is 11.0. The van der Waals surface area contributed by atoms with Gasteiger partial charge in [-0.2, -0.15) is 5.10 Å². The molecule has 5 aromatic rings. The Labute approximate surface area is 249 Å². The van der Waals surface area contributed by atoms with Crippen molar-refractivity contribution in [3.05, 3.63) is 107 Å². The van der Waals surface area contributed by atoms with Gasteiger partial charge in [-0.15, -0.1) is 0 Å². The predicted molar refractivity (Wildman–Crippen MR) is 166 cm³/mol. The van der Waals surface area contributed by atoms with Gasteiger partial charge in [-0.3, -0.25) is 4.79 Å². The number of para-hydroxylation sites is 1. The minimum Gasteiger partial charge on any atom is -0.493 e. The summed E-state index contributed by atoms with van der Waals surface area (Å²) in [6, 6.07) is 23.8. The van der Waals surface area contributed by atoms with Gasteiger partial charge in [0.1, 0.15) is 11.4 Å². The van der Waals surface area contributed by atoms with Crippen molar-refractivity contribution in [1.29, 1.82) is 0 Å². The first-order valence-electron chi connectivity index (χ1n) is 13.5. The Balaban J connectivity index is 1.40. The first-order chi connectivity index (χ1) is 20.8. The average Bonchev–Trinajstić information content (AvgIpc) is 3.41. The van der Waals surface area contributed by atoms with Crippen molar-refractivity contribution in [1.82, 2.24) is 10.4 Å². The largest absolute Gasteiger partial charge is 0.493 e. The van der Waals surface area contributed by atoms with Gasteiger partial charge in [0.25, 0.3) is 5.91 Å². The molecule has 5 rings (SSSR count). The van der Waals surface area contributed by atoms with Crippen molar-refractivity contribution in [2.75, 3.05) is 21.3 Å². The lowest BCUT2D eigenvalue weighted by molar-refractivity contribution is 0.0733. The van der Waals surface area contributed by atoms with Gasteiger partial charge in [-0.1, -0.05) is 54.1 Å². The molecule has 0 bridgehead atoms. The van der Waals surface area contributed by atoms with E-state index in [0.29, 0.717) is 28.5 Å². The highest BCUT2D eigenvalue weighted by molar-refractivity contribution is 6.10. The number of ether oxygens (including phenoxy) is 4. The molecule has 1 amide bonds. The molecule has 9 nitrogen and oxygen atoms in total. The fraction of sp³-hybridized carbons (Fsp3) is 0.147. The number of hydrogen-bond donors (Lipinski definition) is 2. The standard InChI is InChI=1S/C34H31N3O6/c1-20-15-21(2)30-25(16-20)29(22-11-7-6-8-12-22)31(36-30)33(38)37-35-19-23-13-9-10-14-26(23)43-34(39)24-17-27(40-3)32(42-5)28(18-24)41-4/h6-19,36H,1-5H3,(H,37,38). The summed E-state index contributed by atoms with van der Waals surface area (Å²) in [7, 11) is 4.41. The molecule has 0 unspecified atom stereocenters. The number of aromatic nitrogens is 1. The molecule has 0 aliphatic rings. The molecule has 1 heterocycles. The van der Waals surface area contributed by atoms with Gasteiger partial charge in [-0.05, 0) is 55.3 Å². The van der Waals surface area contributed by atoms with Crippen LogP contribution >= 0.6 is 0 Å². The second-order valence-corrected chi connectivity index (χ2v) is 9.79. The van der Waals surface area contributed by atoms with Crippen LogP contribution in [-0.4, -0.2) is 44.4 Å². The van der Waals surface area contributed by atoms with Gasteiger partial charge in [0.05, 0.1) is 33.1 Å². The number of carbonyl (C=O) groups excluding carboxylic acids is 2. The Bertz CT molecular complexity index is 1820. The third kappa shape index (κ3) is 5.92. The van der Waals surface area contributed by atoms with Crippen LogP contribution < -0.4 is 24.4 Å². The van der Waals surface area contributed by atoms with Crippen molar-refractivity contribution < 1.29 is 28.5 Å². The fourth-order valence-corrected chi connectivity index (χ4v) is 4.98. The Morgan fingerprint density at radius 3 is 2.16 bits per heavy atom. The molecule has 2 N–H and O–H groups in total. The quantitative estimate of drug-likeness (QED) is 0.0900. The van der Waals surface area contributed by atoms with Crippen LogP contribution in [0.1, 0.15) is 37.5 Å². The molecule has 0 aliphatic heterocycles. The van der Waals surface area contributed by atoms with E-state index in [1.54, 1.807) is 24.3 Å². The number of methoxy groups -OCH3 is 3. The van der Waals surface area contributed by atoms with E-state index in [-0.39, 0.29) is 11.3 Å². The summed E-state index contributed by atoms with van der Waals surface area (Å²) in [5.41, 5.74) is 8.45. The number of aromatic amines is 1. The second kappa shape index (κ2) is 12.5. The molecule has 0 atom stereocenters. The summed E-state index contributed by atoms with van der Waals surface area (Å²) in [5.74, 6) is 0.212. The third-order valence-corrected chi connectivity index (χ3v) is 6.93. The highest BCUT2D eigenvalue weighted by atomic mass is 16.5. The van der Waals surface area contributed by atoms with E-state index in [9.17, 15) is 9.59 Å². The summed E-state index contributed by atoms with van der Waals surface area (Å²) < 4.78 is 21.7. The zero-order chi connectivity index (χ0) is 30.5. The SMILES string of the molecule is COc1cc(C(=O)Oc2ccccc2C=NNC(=O)c2[nH]c3c(C)cc(C)cc3c2-c2ccccc2)cc(OC)c1OC. The first kappa shape index (κ1) is 28.9. The zero-order valence-corrected chi connectivity index (χ0v) is 24.5. The van der Waals surface area contributed by atoms with Crippen molar-refractivity contribution in [3.8, 4) is 34.1 Å². The van der Waals surface area contributed by atoms with E-state index in [2.05, 4.69) is 27.6 Å². The van der Waals surface area contributed by atoms with E-state index in [1.165, 1.54) is 39.7 Å². The van der Waals surface area contributed by atoms with Crippen LogP contribution in [-0.2, 0) is 0 Å². The number of aryl methyl sites for hydroxylation is 2. The lowest BCUT2D eigenvalue weighted by Gasteiger charge is -2.14. The summed E-state index contributed by atoms with van der Waals surface area (Å²) in [6.45, 7) is 4.04. The summed E-state index contributed by atoms with van der Waals surface area (Å²) in [4.78, 5) is 29.8. The van der Waals surface area contributed by atoms with Crippen molar-refractivity contribution >= 4 is 29.0 Å². The maximum absolute atomic E-state index is 13.4. The molecule has 0 aliphatic carbocycles. The molecular weight excluding hydrogens is 546 g/mol. The number of hydrazone groups is 1. The number of nitrogens with zero attached hydrogens (tertiary/aromatic N) is 1. The number of H-pyrrole nitrogens is 1. The summed E-state index contributed by atoms with van der Waals surface area (Å²) >= 11 is 0. The maximum Gasteiger partial charge on any atom is 0.343 e. The fourth-order valence-electron chi connectivity index (χ4n) is 4.98. The second-order valence-electron chi connectivity index (χ2n) is 9.79. The topological polar surface area (TPSA) is 111 Å². The van der Waals surface area contributed by atoms with Crippen molar-refractivity contribution in [2.24, 2.45) is 5.10 Å². The molecule has 1 aromatic heterocycles. The minimum atomic E-state index is -0.639. The Hall–Kier alpha value is -5.57. The third-order valence-electron chi connectivity index (χ3n) is 6.93. The Morgan fingerprint density at radius 2 is 1.49 bits per heavy atom. The smallest absolute Gasteiger partial charge is 0.343 e. The van der Waals surface area contributed by atoms with Gasteiger partial charge < -0.3 is 23.9 Å². The van der Waals surface area contributed by atoms with Crippen molar-refractivity contribution in [3.63, 3.8) is 0 Å². The number of rotatable bonds is 9. The van der Waals surface area contributed by atoms with Gasteiger partial charge in [0, 0.05) is 22.0 Å². The zero-order valence-electron chi connectivity index (χ0n) is 24.5. The molecule has 0 saturated heterocycles. The minimum absolute atomic E-state index is 0.201. The summed E-state index contributed by atoms with van der Waals surface area (Å²) in [5, 5.41) is 5.15. The number of carbonyl (C=O) groups is 2. The molecule has 0 fully saturated rings. The number of nitrogens with one attached hydrogen (secondary N) is 2. The molecule has 218 valence electrons. The van der Waals surface area contributed by atoms with Crippen LogP contribution in [0.15, 0.2) is 84.0 Å². The molecule has 0 spiro atoms. The van der Waals surface area contributed by atoms with Crippen LogP contribution in [0.3, 0.4) is 0 Å². The highest BCUT2D eigenvalue weighted by Crippen LogP contribution is 2.38. The number of fused-ring (bicyclic) bond motifs is 1.